The number of hydrogen-bond donors (Lipinski definition) is 1. The summed E-state index contributed by atoms with van der Waals surface area (Å²) in [5.74, 6) is 1.35. The Morgan fingerprint density at radius 1 is 1.00 bits per heavy atom. The lowest BCUT2D eigenvalue weighted by Crippen LogP contribution is -2.29. The normalized spacial score (nSPS) is 14.9. The van der Waals surface area contributed by atoms with Gasteiger partial charge in [-0.25, -0.2) is 0 Å². The monoisotopic (exact) mass is 233 g/mol. The van der Waals surface area contributed by atoms with E-state index in [2.05, 4.69) is 64.2 Å². The maximum Gasteiger partial charge on any atom is 0.0348 e. The smallest absolute Gasteiger partial charge is 0.0348 e. The van der Waals surface area contributed by atoms with Crippen LogP contribution in [-0.2, 0) is 6.42 Å². The van der Waals surface area contributed by atoms with Crippen molar-refractivity contribution in [1.82, 2.24) is 5.32 Å². The Labute approximate surface area is 107 Å². The molecule has 0 fully saturated rings. The highest BCUT2D eigenvalue weighted by Crippen LogP contribution is 2.27. The number of benzene rings is 1. The predicted octanol–water partition coefficient (Wildman–Crippen LogP) is 4.19. The highest BCUT2D eigenvalue weighted by Gasteiger charge is 2.20. The van der Waals surface area contributed by atoms with Crippen LogP contribution in [0.5, 0.6) is 0 Å². The molecule has 1 nitrogen and oxygen atoms in total. The average molecular weight is 233 g/mol. The predicted molar refractivity (Wildman–Crippen MR) is 76.2 cm³/mol. The molecule has 2 atom stereocenters. The second kappa shape index (κ2) is 6.80. The minimum atomic E-state index is 0.478. The largest absolute Gasteiger partial charge is 0.310 e. The van der Waals surface area contributed by atoms with E-state index in [1.165, 1.54) is 11.1 Å². The van der Waals surface area contributed by atoms with E-state index < -0.39 is 0 Å². The first-order chi connectivity index (χ1) is 8.10. The number of aryl methyl sites for hydroxylation is 1. The van der Waals surface area contributed by atoms with E-state index in [9.17, 15) is 0 Å². The standard InChI is InChI=1S/C16H27N/c1-6-14-8-10-15(11-9-14)16(17-7-2)13(5)12(3)4/h8-13,16-17H,6-7H2,1-5H3. The number of nitrogens with one attached hydrogen (secondary N) is 1. The molecule has 0 aliphatic carbocycles. The summed E-state index contributed by atoms with van der Waals surface area (Å²) in [7, 11) is 0. The van der Waals surface area contributed by atoms with E-state index in [0.29, 0.717) is 17.9 Å². The third-order valence-corrected chi connectivity index (χ3v) is 3.75. The molecule has 0 heterocycles. The van der Waals surface area contributed by atoms with Crippen LogP contribution in [0.25, 0.3) is 0 Å². The average Bonchev–Trinajstić information content (AvgIpc) is 2.35. The molecule has 17 heavy (non-hydrogen) atoms. The van der Waals surface area contributed by atoms with Crippen LogP contribution in [0.1, 0.15) is 51.8 Å². The van der Waals surface area contributed by atoms with Crippen LogP contribution in [0, 0.1) is 11.8 Å². The van der Waals surface area contributed by atoms with Crippen molar-refractivity contribution in [2.24, 2.45) is 11.8 Å². The Morgan fingerprint density at radius 2 is 1.59 bits per heavy atom. The zero-order valence-electron chi connectivity index (χ0n) is 12.0. The van der Waals surface area contributed by atoms with Gasteiger partial charge in [-0.05, 0) is 35.9 Å². The van der Waals surface area contributed by atoms with E-state index in [-0.39, 0.29) is 0 Å². The molecular weight excluding hydrogens is 206 g/mol. The highest BCUT2D eigenvalue weighted by atomic mass is 14.9. The molecule has 0 bridgehead atoms. The van der Waals surface area contributed by atoms with Gasteiger partial charge in [0.2, 0.25) is 0 Å². The van der Waals surface area contributed by atoms with Gasteiger partial charge in [0, 0.05) is 6.04 Å². The lowest BCUT2D eigenvalue weighted by atomic mass is 9.85. The summed E-state index contributed by atoms with van der Waals surface area (Å²) in [6.45, 7) is 12.3. The fraction of sp³-hybridized carbons (Fsp3) is 0.625. The summed E-state index contributed by atoms with van der Waals surface area (Å²) < 4.78 is 0. The van der Waals surface area contributed by atoms with Crippen LogP contribution in [0.2, 0.25) is 0 Å². The summed E-state index contributed by atoms with van der Waals surface area (Å²) in [4.78, 5) is 0. The maximum absolute atomic E-state index is 3.62. The molecule has 0 aliphatic rings. The molecule has 0 aliphatic heterocycles. The third-order valence-electron chi connectivity index (χ3n) is 3.75. The minimum absolute atomic E-state index is 0.478. The maximum atomic E-state index is 3.62. The van der Waals surface area contributed by atoms with E-state index in [1.54, 1.807) is 0 Å². The Hall–Kier alpha value is -0.820. The first kappa shape index (κ1) is 14.2. The van der Waals surface area contributed by atoms with Gasteiger partial charge in [-0.1, -0.05) is 58.9 Å². The van der Waals surface area contributed by atoms with Crippen LogP contribution in [-0.4, -0.2) is 6.54 Å². The van der Waals surface area contributed by atoms with Crippen molar-refractivity contribution in [2.45, 2.75) is 47.1 Å². The van der Waals surface area contributed by atoms with Crippen molar-refractivity contribution >= 4 is 0 Å². The second-order valence-corrected chi connectivity index (χ2v) is 5.23. The van der Waals surface area contributed by atoms with Crippen molar-refractivity contribution in [3.8, 4) is 0 Å². The van der Waals surface area contributed by atoms with Gasteiger partial charge in [0.15, 0.2) is 0 Å². The van der Waals surface area contributed by atoms with Crippen molar-refractivity contribution in [3.05, 3.63) is 35.4 Å². The molecule has 0 saturated carbocycles. The molecule has 1 aromatic carbocycles. The summed E-state index contributed by atoms with van der Waals surface area (Å²) in [6, 6.07) is 9.56. The Bertz CT molecular complexity index is 313. The Kier molecular flexibility index (Phi) is 5.70. The Morgan fingerprint density at radius 3 is 2.00 bits per heavy atom. The van der Waals surface area contributed by atoms with Gasteiger partial charge in [0.1, 0.15) is 0 Å². The first-order valence-electron chi connectivity index (χ1n) is 6.92. The zero-order valence-corrected chi connectivity index (χ0v) is 12.0. The van der Waals surface area contributed by atoms with Crippen LogP contribution in [0.3, 0.4) is 0 Å². The van der Waals surface area contributed by atoms with Gasteiger partial charge < -0.3 is 5.32 Å². The lowest BCUT2D eigenvalue weighted by Gasteiger charge is -2.28. The van der Waals surface area contributed by atoms with Crippen LogP contribution < -0.4 is 5.32 Å². The van der Waals surface area contributed by atoms with Crippen LogP contribution in [0.15, 0.2) is 24.3 Å². The summed E-state index contributed by atoms with van der Waals surface area (Å²) >= 11 is 0. The van der Waals surface area contributed by atoms with E-state index >= 15 is 0 Å². The Balaban J connectivity index is 2.88. The lowest BCUT2D eigenvalue weighted by molar-refractivity contribution is 0.307. The molecular formula is C16H27N. The molecule has 2 unspecified atom stereocenters. The van der Waals surface area contributed by atoms with Gasteiger partial charge >= 0.3 is 0 Å². The summed E-state index contributed by atoms with van der Waals surface area (Å²) in [5.41, 5.74) is 2.84. The van der Waals surface area contributed by atoms with Crippen molar-refractivity contribution in [1.29, 1.82) is 0 Å². The fourth-order valence-corrected chi connectivity index (χ4v) is 2.17. The van der Waals surface area contributed by atoms with Gasteiger partial charge in [0.25, 0.3) is 0 Å². The zero-order chi connectivity index (χ0) is 12.8. The van der Waals surface area contributed by atoms with Gasteiger partial charge in [-0.15, -0.1) is 0 Å². The minimum Gasteiger partial charge on any atom is -0.310 e. The van der Waals surface area contributed by atoms with Gasteiger partial charge in [0.05, 0.1) is 0 Å². The second-order valence-electron chi connectivity index (χ2n) is 5.23. The van der Waals surface area contributed by atoms with Crippen molar-refractivity contribution in [3.63, 3.8) is 0 Å². The third kappa shape index (κ3) is 3.85. The molecule has 0 amide bonds. The molecule has 96 valence electrons. The van der Waals surface area contributed by atoms with Crippen molar-refractivity contribution < 1.29 is 0 Å². The summed E-state index contributed by atoms with van der Waals surface area (Å²) in [5, 5.41) is 3.62. The molecule has 1 aromatic rings. The van der Waals surface area contributed by atoms with E-state index in [0.717, 1.165) is 13.0 Å². The molecule has 1 N–H and O–H groups in total. The van der Waals surface area contributed by atoms with E-state index in [1.807, 2.05) is 0 Å². The highest BCUT2D eigenvalue weighted by molar-refractivity contribution is 5.25. The quantitative estimate of drug-likeness (QED) is 0.777. The summed E-state index contributed by atoms with van der Waals surface area (Å²) in [6.07, 6.45) is 1.12. The number of hydrogen-bond acceptors (Lipinski definition) is 1. The molecule has 0 saturated heterocycles. The molecule has 1 rings (SSSR count). The molecule has 0 aromatic heterocycles. The fourth-order valence-electron chi connectivity index (χ4n) is 2.17. The molecule has 1 heteroatoms. The van der Waals surface area contributed by atoms with Crippen LogP contribution >= 0.6 is 0 Å². The molecule has 0 spiro atoms. The van der Waals surface area contributed by atoms with Crippen LogP contribution in [0.4, 0.5) is 0 Å². The first-order valence-corrected chi connectivity index (χ1v) is 6.92. The van der Waals surface area contributed by atoms with Gasteiger partial charge in [-0.2, -0.15) is 0 Å². The topological polar surface area (TPSA) is 12.0 Å². The van der Waals surface area contributed by atoms with Crippen molar-refractivity contribution in [2.75, 3.05) is 6.54 Å². The van der Waals surface area contributed by atoms with E-state index in [4.69, 9.17) is 0 Å². The molecule has 0 radical (unpaired) electrons. The van der Waals surface area contributed by atoms with Gasteiger partial charge in [-0.3, -0.25) is 0 Å². The number of rotatable bonds is 6. The SMILES string of the molecule is CCNC(c1ccc(CC)cc1)C(C)C(C)C.